The van der Waals surface area contributed by atoms with Gasteiger partial charge in [0.1, 0.15) is 5.71 Å². The molecule has 0 unspecified atom stereocenters. The van der Waals surface area contributed by atoms with Crippen LogP contribution in [0.5, 0.6) is 0 Å². The zero-order chi connectivity index (χ0) is 14.2. The van der Waals surface area contributed by atoms with Gasteiger partial charge in [0.05, 0.1) is 0 Å². The SMILES string of the molecule is O=C1CCC(C(=O)NCCCSc2ccccc2)=NN1. The van der Waals surface area contributed by atoms with Crippen molar-refractivity contribution < 1.29 is 9.59 Å². The molecular formula is C14H17N3O2S. The summed E-state index contributed by atoms with van der Waals surface area (Å²) in [6.45, 7) is 0.617. The molecule has 1 aromatic rings. The Morgan fingerprint density at radius 2 is 2.10 bits per heavy atom. The van der Waals surface area contributed by atoms with E-state index in [0.29, 0.717) is 25.1 Å². The monoisotopic (exact) mass is 291 g/mol. The molecule has 5 nitrogen and oxygen atoms in total. The number of thioether (sulfide) groups is 1. The summed E-state index contributed by atoms with van der Waals surface area (Å²) < 4.78 is 0. The number of nitrogens with zero attached hydrogens (tertiary/aromatic N) is 1. The summed E-state index contributed by atoms with van der Waals surface area (Å²) in [4.78, 5) is 23.9. The molecule has 20 heavy (non-hydrogen) atoms. The lowest BCUT2D eigenvalue weighted by atomic mass is 10.1. The van der Waals surface area contributed by atoms with Gasteiger partial charge in [-0.25, -0.2) is 5.43 Å². The van der Waals surface area contributed by atoms with Gasteiger partial charge in [0.25, 0.3) is 5.91 Å². The second-order valence-corrected chi connectivity index (χ2v) is 5.53. The number of hydrazone groups is 1. The number of amides is 2. The minimum atomic E-state index is -0.185. The first-order valence-corrected chi connectivity index (χ1v) is 7.56. The summed E-state index contributed by atoms with van der Waals surface area (Å²) in [7, 11) is 0. The Morgan fingerprint density at radius 1 is 1.30 bits per heavy atom. The topological polar surface area (TPSA) is 70.6 Å². The number of hydrogen-bond acceptors (Lipinski definition) is 4. The Morgan fingerprint density at radius 3 is 2.80 bits per heavy atom. The summed E-state index contributed by atoms with van der Waals surface area (Å²) in [6, 6.07) is 10.2. The van der Waals surface area contributed by atoms with Crippen LogP contribution in [0.3, 0.4) is 0 Å². The summed E-state index contributed by atoms with van der Waals surface area (Å²) in [6.07, 6.45) is 1.64. The normalized spacial score (nSPS) is 14.4. The smallest absolute Gasteiger partial charge is 0.267 e. The van der Waals surface area contributed by atoms with E-state index in [-0.39, 0.29) is 11.8 Å². The predicted octanol–water partition coefficient (Wildman–Crippen LogP) is 1.55. The van der Waals surface area contributed by atoms with Gasteiger partial charge in [-0.3, -0.25) is 9.59 Å². The van der Waals surface area contributed by atoms with E-state index in [4.69, 9.17) is 0 Å². The molecule has 1 heterocycles. The fourth-order valence-corrected chi connectivity index (χ4v) is 2.59. The first-order valence-electron chi connectivity index (χ1n) is 6.57. The van der Waals surface area contributed by atoms with Gasteiger partial charge in [-0.1, -0.05) is 18.2 Å². The van der Waals surface area contributed by atoms with Crippen LogP contribution in [0.1, 0.15) is 19.3 Å². The maximum atomic E-state index is 11.7. The van der Waals surface area contributed by atoms with Gasteiger partial charge in [-0.2, -0.15) is 5.10 Å². The van der Waals surface area contributed by atoms with E-state index in [2.05, 4.69) is 28.0 Å². The molecule has 1 aliphatic rings. The number of rotatable bonds is 6. The summed E-state index contributed by atoms with van der Waals surface area (Å²) in [5.74, 6) is 0.628. The van der Waals surface area contributed by atoms with E-state index in [0.717, 1.165) is 12.2 Å². The fourth-order valence-electron chi connectivity index (χ4n) is 1.72. The van der Waals surface area contributed by atoms with Gasteiger partial charge in [-0.05, 0) is 24.3 Å². The lowest BCUT2D eigenvalue weighted by Crippen LogP contribution is -2.37. The van der Waals surface area contributed by atoms with Crippen LogP contribution < -0.4 is 10.7 Å². The Labute approximate surface area is 122 Å². The average molecular weight is 291 g/mol. The number of benzene rings is 1. The molecule has 0 saturated carbocycles. The molecule has 2 N–H and O–H groups in total. The molecule has 2 rings (SSSR count). The van der Waals surface area contributed by atoms with Gasteiger partial charge in [0.15, 0.2) is 0 Å². The quantitative estimate of drug-likeness (QED) is 0.617. The highest BCUT2D eigenvalue weighted by atomic mass is 32.2. The molecule has 0 aromatic heterocycles. The Balaban J connectivity index is 1.61. The molecular weight excluding hydrogens is 274 g/mol. The maximum absolute atomic E-state index is 11.7. The van der Waals surface area contributed by atoms with Crippen molar-refractivity contribution in [1.82, 2.24) is 10.7 Å². The molecule has 0 fully saturated rings. The Bertz CT molecular complexity index is 502. The summed E-state index contributed by atoms with van der Waals surface area (Å²) >= 11 is 1.77. The van der Waals surface area contributed by atoms with Crippen LogP contribution in [0, 0.1) is 0 Å². The molecule has 0 saturated heterocycles. The van der Waals surface area contributed by atoms with Crippen LogP contribution >= 0.6 is 11.8 Å². The van der Waals surface area contributed by atoms with Crippen LogP contribution in [0.2, 0.25) is 0 Å². The number of hydrogen-bond donors (Lipinski definition) is 2. The van der Waals surface area contributed by atoms with Crippen molar-refractivity contribution in [3.05, 3.63) is 30.3 Å². The van der Waals surface area contributed by atoms with Crippen LogP contribution in [0.4, 0.5) is 0 Å². The van der Waals surface area contributed by atoms with Gasteiger partial charge >= 0.3 is 0 Å². The standard InChI is InChI=1S/C14H17N3O2S/c18-13-8-7-12(16-17-13)14(19)15-9-4-10-20-11-5-2-1-3-6-11/h1-3,5-6H,4,7-10H2,(H,15,19)(H,17,18). The average Bonchev–Trinajstić information content (AvgIpc) is 2.48. The van der Waals surface area contributed by atoms with E-state index in [9.17, 15) is 9.59 Å². The second-order valence-electron chi connectivity index (χ2n) is 4.36. The minimum Gasteiger partial charge on any atom is -0.351 e. The summed E-state index contributed by atoms with van der Waals surface area (Å²) in [5, 5.41) is 6.58. The third-order valence-electron chi connectivity index (χ3n) is 2.79. The van der Waals surface area contributed by atoms with Crippen molar-refractivity contribution >= 4 is 29.3 Å². The largest absolute Gasteiger partial charge is 0.351 e. The lowest BCUT2D eigenvalue weighted by Gasteiger charge is -2.11. The molecule has 2 amide bonds. The molecule has 0 atom stereocenters. The van der Waals surface area contributed by atoms with Gasteiger partial charge in [0.2, 0.25) is 5.91 Å². The van der Waals surface area contributed by atoms with Crippen molar-refractivity contribution in [3.8, 4) is 0 Å². The van der Waals surface area contributed by atoms with E-state index >= 15 is 0 Å². The van der Waals surface area contributed by atoms with E-state index < -0.39 is 0 Å². The van der Waals surface area contributed by atoms with Gasteiger partial charge in [0, 0.05) is 24.3 Å². The minimum absolute atomic E-state index is 0.138. The van der Waals surface area contributed by atoms with Gasteiger partial charge < -0.3 is 5.32 Å². The van der Waals surface area contributed by atoms with E-state index in [1.54, 1.807) is 11.8 Å². The number of carbonyl (C=O) groups is 2. The van der Waals surface area contributed by atoms with E-state index in [1.165, 1.54) is 4.90 Å². The molecule has 106 valence electrons. The molecule has 1 aliphatic heterocycles. The van der Waals surface area contributed by atoms with Crippen molar-refractivity contribution in [3.63, 3.8) is 0 Å². The Hall–Kier alpha value is -1.82. The third kappa shape index (κ3) is 4.70. The fraction of sp³-hybridized carbons (Fsp3) is 0.357. The highest BCUT2D eigenvalue weighted by Crippen LogP contribution is 2.17. The van der Waals surface area contributed by atoms with Crippen LogP contribution in [-0.2, 0) is 9.59 Å². The summed E-state index contributed by atoms with van der Waals surface area (Å²) in [5.41, 5.74) is 2.72. The highest BCUT2D eigenvalue weighted by Gasteiger charge is 2.17. The highest BCUT2D eigenvalue weighted by molar-refractivity contribution is 7.99. The molecule has 0 aliphatic carbocycles. The number of carbonyl (C=O) groups excluding carboxylic acids is 2. The van der Waals surface area contributed by atoms with Crippen molar-refractivity contribution in [2.45, 2.75) is 24.2 Å². The zero-order valence-electron chi connectivity index (χ0n) is 11.1. The van der Waals surface area contributed by atoms with E-state index in [1.807, 2.05) is 18.2 Å². The second kappa shape index (κ2) is 7.69. The van der Waals surface area contributed by atoms with Crippen LogP contribution in [0.15, 0.2) is 40.3 Å². The molecule has 1 aromatic carbocycles. The molecule has 0 bridgehead atoms. The first kappa shape index (κ1) is 14.6. The van der Waals surface area contributed by atoms with Crippen molar-refractivity contribution in [2.75, 3.05) is 12.3 Å². The van der Waals surface area contributed by atoms with Crippen LogP contribution in [-0.4, -0.2) is 29.8 Å². The third-order valence-corrected chi connectivity index (χ3v) is 3.88. The molecule has 0 spiro atoms. The molecule has 6 heteroatoms. The van der Waals surface area contributed by atoms with Crippen LogP contribution in [0.25, 0.3) is 0 Å². The predicted molar refractivity (Wildman–Crippen MR) is 79.6 cm³/mol. The van der Waals surface area contributed by atoms with Gasteiger partial charge in [-0.15, -0.1) is 11.8 Å². The maximum Gasteiger partial charge on any atom is 0.267 e. The first-order chi connectivity index (χ1) is 9.75. The lowest BCUT2D eigenvalue weighted by molar-refractivity contribution is -0.121. The Kier molecular flexibility index (Phi) is 5.61. The zero-order valence-corrected chi connectivity index (χ0v) is 11.9. The number of nitrogens with one attached hydrogen (secondary N) is 2. The van der Waals surface area contributed by atoms with Crippen molar-refractivity contribution in [1.29, 1.82) is 0 Å². The van der Waals surface area contributed by atoms with Crippen molar-refractivity contribution in [2.24, 2.45) is 5.10 Å². The molecule has 0 radical (unpaired) electrons.